The number of imidazole rings is 1. The second-order valence-corrected chi connectivity index (χ2v) is 7.68. The van der Waals surface area contributed by atoms with Crippen molar-refractivity contribution >= 4 is 29.4 Å². The van der Waals surface area contributed by atoms with E-state index in [4.69, 9.17) is 5.73 Å². The summed E-state index contributed by atoms with van der Waals surface area (Å²) in [6, 6.07) is 6.14. The molecule has 3 rings (SSSR count). The van der Waals surface area contributed by atoms with E-state index in [-0.39, 0.29) is 29.9 Å². The molecule has 0 aliphatic heterocycles. The fourth-order valence-corrected chi connectivity index (χ4v) is 2.39. The third-order valence-corrected chi connectivity index (χ3v) is 4.71. The molecule has 6 nitrogen and oxygen atoms in total. The normalized spacial score (nSPS) is 13.4. The van der Waals surface area contributed by atoms with Gasteiger partial charge in [0.25, 0.3) is 0 Å². The molecule has 1 atom stereocenters. The van der Waals surface area contributed by atoms with E-state index >= 15 is 0 Å². The van der Waals surface area contributed by atoms with Crippen molar-refractivity contribution in [1.82, 2.24) is 19.5 Å². The van der Waals surface area contributed by atoms with Crippen LogP contribution in [0.1, 0.15) is 33.5 Å². The molecule has 8 heteroatoms. The van der Waals surface area contributed by atoms with Crippen molar-refractivity contribution in [3.05, 3.63) is 35.9 Å². The minimum absolute atomic E-state index is 0. The highest BCUT2D eigenvalue weighted by Crippen LogP contribution is 2.29. The molecule has 0 aliphatic rings. The van der Waals surface area contributed by atoms with Gasteiger partial charge < -0.3 is 15.4 Å². The van der Waals surface area contributed by atoms with Crippen molar-refractivity contribution < 1.29 is 9.50 Å². The molecule has 1 unspecified atom stereocenters. The number of nitrogen functional groups attached to an aromatic ring is 1. The first-order valence-corrected chi connectivity index (χ1v) is 8.51. The molecule has 0 aliphatic carbocycles. The van der Waals surface area contributed by atoms with Gasteiger partial charge in [0, 0.05) is 18.0 Å². The number of aromatic nitrogens is 4. The number of aryl methyl sites for hydroxylation is 1. The molecular weight excluding hydrogens is 381 g/mol. The highest BCUT2D eigenvalue weighted by Gasteiger charge is 2.33. The third-order valence-electron chi connectivity index (χ3n) is 4.71. The highest BCUT2D eigenvalue weighted by atomic mass is 35.5. The zero-order chi connectivity index (χ0) is 20.0. The largest absolute Gasteiger partial charge is 0.382 e. The predicted molar refractivity (Wildman–Crippen MR) is 110 cm³/mol. The molecule has 148 valence electrons. The molecule has 0 spiro atoms. The van der Waals surface area contributed by atoms with E-state index in [2.05, 4.69) is 26.8 Å². The van der Waals surface area contributed by atoms with Gasteiger partial charge in [-0.05, 0) is 25.0 Å². The Morgan fingerprint density at radius 3 is 2.43 bits per heavy atom. The molecule has 0 saturated heterocycles. The van der Waals surface area contributed by atoms with Crippen LogP contribution in [0, 0.1) is 23.1 Å². The van der Waals surface area contributed by atoms with E-state index in [1.54, 1.807) is 30.7 Å². The SMILES string of the molecule is Cl.Cn1c(-c2cccc(F)c2)nc2c(N)nc(C#CC(C)(O)C(C)(C)C)nc21. The van der Waals surface area contributed by atoms with Gasteiger partial charge in [-0.2, -0.15) is 0 Å². The number of rotatable bonds is 1. The van der Waals surface area contributed by atoms with E-state index in [9.17, 15) is 9.50 Å². The fraction of sp³-hybridized carbons (Fsp3) is 0.350. The highest BCUT2D eigenvalue weighted by molar-refractivity contribution is 5.86. The number of hydrogen-bond acceptors (Lipinski definition) is 5. The van der Waals surface area contributed by atoms with Crippen LogP contribution in [0.2, 0.25) is 0 Å². The number of benzene rings is 1. The summed E-state index contributed by atoms with van der Waals surface area (Å²) in [5, 5.41) is 10.5. The molecule has 2 aromatic heterocycles. The Labute approximate surface area is 169 Å². The lowest BCUT2D eigenvalue weighted by Gasteiger charge is -2.32. The zero-order valence-electron chi connectivity index (χ0n) is 16.4. The topological polar surface area (TPSA) is 89.9 Å². The first kappa shape index (κ1) is 21.6. The van der Waals surface area contributed by atoms with Crippen molar-refractivity contribution in [2.75, 3.05) is 5.73 Å². The van der Waals surface area contributed by atoms with Gasteiger partial charge in [0.15, 0.2) is 17.0 Å². The number of halogens is 2. The molecule has 1 aromatic carbocycles. The Morgan fingerprint density at radius 1 is 1.14 bits per heavy atom. The van der Waals surface area contributed by atoms with Crippen molar-refractivity contribution in [2.45, 2.75) is 33.3 Å². The summed E-state index contributed by atoms with van der Waals surface area (Å²) in [5.74, 6) is 6.17. The molecule has 3 aromatic rings. The van der Waals surface area contributed by atoms with E-state index in [1.807, 2.05) is 20.8 Å². The van der Waals surface area contributed by atoms with Gasteiger partial charge in [-0.1, -0.05) is 38.8 Å². The minimum atomic E-state index is -1.22. The Morgan fingerprint density at radius 2 is 1.82 bits per heavy atom. The van der Waals surface area contributed by atoms with Gasteiger partial charge in [0.2, 0.25) is 5.82 Å². The summed E-state index contributed by atoms with van der Waals surface area (Å²) >= 11 is 0. The summed E-state index contributed by atoms with van der Waals surface area (Å²) in [6.07, 6.45) is 0. The summed E-state index contributed by atoms with van der Waals surface area (Å²) in [6.45, 7) is 7.33. The maximum Gasteiger partial charge on any atom is 0.209 e. The Kier molecular flexibility index (Phi) is 5.69. The van der Waals surface area contributed by atoms with Crippen LogP contribution in [-0.2, 0) is 7.05 Å². The van der Waals surface area contributed by atoms with Crippen LogP contribution in [0.15, 0.2) is 24.3 Å². The minimum Gasteiger partial charge on any atom is -0.382 e. The molecule has 28 heavy (non-hydrogen) atoms. The van der Waals surface area contributed by atoms with E-state index in [1.165, 1.54) is 12.1 Å². The monoisotopic (exact) mass is 403 g/mol. The second kappa shape index (κ2) is 7.38. The molecule has 3 N–H and O–H groups in total. The van der Waals surface area contributed by atoms with Gasteiger partial charge in [-0.3, -0.25) is 0 Å². The van der Waals surface area contributed by atoms with Crippen molar-refractivity contribution in [2.24, 2.45) is 12.5 Å². The predicted octanol–water partition coefficient (Wildman–Crippen LogP) is 3.32. The van der Waals surface area contributed by atoms with Crippen LogP contribution >= 0.6 is 12.4 Å². The number of fused-ring (bicyclic) bond motifs is 1. The van der Waals surface area contributed by atoms with Gasteiger partial charge in [0.05, 0.1) is 0 Å². The standard InChI is InChI=1S/C20H22FN5O.ClH/c1-19(2,3)20(4,27)10-9-14-23-16(22)15-18(24-14)26(5)17(25-15)12-7-6-8-13(21)11-12;/h6-8,11,27H,1-5H3,(H2,22,23,24);1H. The molecule has 0 bridgehead atoms. The molecule has 2 heterocycles. The quantitative estimate of drug-likeness (QED) is 0.608. The number of nitrogens with two attached hydrogens (primary N) is 1. The lowest BCUT2D eigenvalue weighted by atomic mass is 9.78. The first-order valence-electron chi connectivity index (χ1n) is 8.51. The number of hydrogen-bond donors (Lipinski definition) is 2. The van der Waals surface area contributed by atoms with Crippen molar-refractivity contribution in [1.29, 1.82) is 0 Å². The lowest BCUT2D eigenvalue weighted by Crippen LogP contribution is -2.38. The van der Waals surface area contributed by atoms with Crippen LogP contribution in [0.5, 0.6) is 0 Å². The van der Waals surface area contributed by atoms with Crippen LogP contribution in [-0.4, -0.2) is 30.2 Å². The summed E-state index contributed by atoms with van der Waals surface area (Å²) in [4.78, 5) is 13.1. The number of aliphatic hydroxyl groups is 1. The van der Waals surface area contributed by atoms with E-state index < -0.39 is 11.0 Å². The van der Waals surface area contributed by atoms with Gasteiger partial charge >= 0.3 is 0 Å². The number of nitrogens with zero attached hydrogens (tertiary/aromatic N) is 4. The van der Waals surface area contributed by atoms with Crippen molar-refractivity contribution in [3.63, 3.8) is 0 Å². The second-order valence-electron chi connectivity index (χ2n) is 7.68. The fourth-order valence-electron chi connectivity index (χ4n) is 2.39. The smallest absolute Gasteiger partial charge is 0.209 e. The molecule has 0 amide bonds. The zero-order valence-corrected chi connectivity index (χ0v) is 17.2. The van der Waals surface area contributed by atoms with Gasteiger partial charge in [0.1, 0.15) is 17.2 Å². The third kappa shape index (κ3) is 3.93. The van der Waals surface area contributed by atoms with Crippen LogP contribution in [0.4, 0.5) is 10.2 Å². The number of anilines is 1. The summed E-state index contributed by atoms with van der Waals surface area (Å²) < 4.78 is 15.3. The maximum atomic E-state index is 13.6. The Hall–Kier alpha value is -2.69. The lowest BCUT2D eigenvalue weighted by molar-refractivity contribution is 0.0128. The summed E-state index contributed by atoms with van der Waals surface area (Å²) in [5.41, 5.74) is 5.90. The average molecular weight is 404 g/mol. The molecular formula is C20H23ClFN5O. The van der Waals surface area contributed by atoms with Crippen LogP contribution in [0.25, 0.3) is 22.6 Å². The Bertz CT molecular complexity index is 1090. The van der Waals surface area contributed by atoms with Crippen LogP contribution < -0.4 is 5.73 Å². The maximum absolute atomic E-state index is 13.6. The first-order chi connectivity index (χ1) is 12.5. The van der Waals surface area contributed by atoms with Crippen LogP contribution in [0.3, 0.4) is 0 Å². The Balaban J connectivity index is 0.00000280. The van der Waals surface area contributed by atoms with E-state index in [0.29, 0.717) is 22.6 Å². The van der Waals surface area contributed by atoms with Crippen molar-refractivity contribution in [3.8, 4) is 23.2 Å². The molecule has 0 fully saturated rings. The van der Waals surface area contributed by atoms with E-state index in [0.717, 1.165) is 0 Å². The average Bonchev–Trinajstić information content (AvgIpc) is 2.90. The summed E-state index contributed by atoms with van der Waals surface area (Å²) in [7, 11) is 1.77. The molecule has 0 saturated carbocycles. The van der Waals surface area contributed by atoms with Gasteiger partial charge in [-0.15, -0.1) is 12.4 Å². The molecule has 0 radical (unpaired) electrons. The van der Waals surface area contributed by atoms with Gasteiger partial charge in [-0.25, -0.2) is 19.3 Å².